The summed E-state index contributed by atoms with van der Waals surface area (Å²) in [4.78, 5) is 36.9. The number of Topliss-reactive ketones (excluding diaryl/α,β-unsaturated/α-hetero) is 1. The van der Waals surface area contributed by atoms with Crippen LogP contribution in [0.2, 0.25) is 10.0 Å². The largest absolute Gasteiger partial charge is 0.484 e. The van der Waals surface area contributed by atoms with E-state index in [1.807, 2.05) is 6.92 Å². The van der Waals surface area contributed by atoms with Gasteiger partial charge in [0.15, 0.2) is 6.61 Å². The molecular weight excluding hydrogens is 369 g/mol. The third kappa shape index (κ3) is 3.88. The van der Waals surface area contributed by atoms with Crippen LogP contribution in [0.1, 0.15) is 23.7 Å². The number of nitrogen functional groups attached to an aromatic ring is 1. The molecule has 0 saturated carbocycles. The first-order valence-corrected chi connectivity index (χ1v) is 8.23. The third-order valence-corrected chi connectivity index (χ3v) is 4.11. The Bertz CT molecular complexity index is 934. The van der Waals surface area contributed by atoms with E-state index >= 15 is 0 Å². The molecule has 0 bridgehead atoms. The molecule has 1 heterocycles. The number of carbonyl (C=O) groups excluding carboxylic acids is 1. The molecule has 1 aromatic heterocycles. The summed E-state index contributed by atoms with van der Waals surface area (Å²) in [5.41, 5.74) is 4.27. The molecule has 0 aliphatic rings. The van der Waals surface area contributed by atoms with Crippen LogP contribution in [0.5, 0.6) is 5.75 Å². The van der Waals surface area contributed by atoms with Gasteiger partial charge in [0.2, 0.25) is 5.78 Å². The highest BCUT2D eigenvalue weighted by Crippen LogP contribution is 2.27. The van der Waals surface area contributed by atoms with E-state index in [4.69, 9.17) is 33.7 Å². The van der Waals surface area contributed by atoms with Crippen molar-refractivity contribution in [2.75, 3.05) is 12.3 Å². The maximum atomic E-state index is 12.5. The molecule has 2 N–H and O–H groups in total. The van der Waals surface area contributed by atoms with Gasteiger partial charge in [-0.1, -0.05) is 30.1 Å². The number of hydrogen-bond acceptors (Lipinski definition) is 5. The first-order chi connectivity index (χ1) is 11.8. The maximum Gasteiger partial charge on any atom is 0.332 e. The number of halogens is 2. The number of hydrogen-bond donors (Lipinski definition) is 1. The predicted octanol–water partition coefficient (Wildman–Crippen LogP) is 2.11. The number of aromatic nitrogens is 2. The number of nitrogens with zero attached hydrogens (tertiary/aromatic N) is 2. The molecule has 0 radical (unpaired) electrons. The highest BCUT2D eigenvalue weighted by atomic mass is 35.5. The fraction of sp³-hybridized carbons (Fsp3) is 0.312. The van der Waals surface area contributed by atoms with Crippen LogP contribution in [0, 0.1) is 0 Å². The Morgan fingerprint density at radius 1 is 1.28 bits per heavy atom. The molecule has 0 atom stereocenters. The van der Waals surface area contributed by atoms with Crippen LogP contribution in [0.15, 0.2) is 27.8 Å². The Balaban J connectivity index is 2.38. The molecule has 7 nitrogen and oxygen atoms in total. The minimum Gasteiger partial charge on any atom is -0.484 e. The lowest BCUT2D eigenvalue weighted by molar-refractivity contribution is 0.0919. The van der Waals surface area contributed by atoms with Crippen LogP contribution < -0.4 is 21.7 Å². The van der Waals surface area contributed by atoms with Crippen molar-refractivity contribution < 1.29 is 9.53 Å². The first kappa shape index (κ1) is 19.1. The van der Waals surface area contributed by atoms with Gasteiger partial charge in [0, 0.05) is 24.7 Å². The van der Waals surface area contributed by atoms with Crippen LogP contribution >= 0.6 is 23.2 Å². The van der Waals surface area contributed by atoms with Gasteiger partial charge in [-0.3, -0.25) is 18.7 Å². The highest BCUT2D eigenvalue weighted by Gasteiger charge is 2.22. The molecule has 0 aliphatic carbocycles. The molecule has 0 saturated heterocycles. The van der Waals surface area contributed by atoms with E-state index in [-0.39, 0.29) is 22.2 Å². The zero-order chi connectivity index (χ0) is 18.7. The van der Waals surface area contributed by atoms with Crippen molar-refractivity contribution >= 4 is 34.8 Å². The molecule has 134 valence electrons. The van der Waals surface area contributed by atoms with E-state index in [2.05, 4.69) is 0 Å². The van der Waals surface area contributed by atoms with Crippen LogP contribution in [0.25, 0.3) is 0 Å². The monoisotopic (exact) mass is 385 g/mol. The van der Waals surface area contributed by atoms with Gasteiger partial charge in [-0.05, 0) is 18.6 Å². The average molecular weight is 386 g/mol. The Hall–Kier alpha value is -2.25. The van der Waals surface area contributed by atoms with Crippen molar-refractivity contribution in [1.82, 2.24) is 9.13 Å². The lowest BCUT2D eigenvalue weighted by Gasteiger charge is -2.14. The van der Waals surface area contributed by atoms with Crippen molar-refractivity contribution in [3.63, 3.8) is 0 Å². The second-order valence-corrected chi connectivity index (χ2v) is 6.19. The molecule has 25 heavy (non-hydrogen) atoms. The molecule has 0 spiro atoms. The number of ketones is 1. The Morgan fingerprint density at radius 2 is 1.96 bits per heavy atom. The van der Waals surface area contributed by atoms with Crippen molar-refractivity contribution in [1.29, 1.82) is 0 Å². The topological polar surface area (TPSA) is 96.3 Å². The number of benzene rings is 1. The number of ether oxygens (including phenoxy) is 1. The van der Waals surface area contributed by atoms with Gasteiger partial charge < -0.3 is 10.5 Å². The summed E-state index contributed by atoms with van der Waals surface area (Å²) < 4.78 is 7.40. The van der Waals surface area contributed by atoms with E-state index < -0.39 is 23.6 Å². The normalized spacial score (nSPS) is 10.7. The third-order valence-electron chi connectivity index (χ3n) is 3.56. The molecular formula is C16H17Cl2N3O4. The molecule has 9 heteroatoms. The van der Waals surface area contributed by atoms with Gasteiger partial charge >= 0.3 is 5.69 Å². The molecule has 2 rings (SSSR count). The summed E-state index contributed by atoms with van der Waals surface area (Å²) in [6, 6.07) is 4.56. The second kappa shape index (κ2) is 7.76. The van der Waals surface area contributed by atoms with Crippen LogP contribution in [-0.2, 0) is 13.6 Å². The van der Waals surface area contributed by atoms with Gasteiger partial charge in [-0.25, -0.2) is 4.79 Å². The zero-order valence-corrected chi connectivity index (χ0v) is 15.2. The average Bonchev–Trinajstić information content (AvgIpc) is 2.57. The van der Waals surface area contributed by atoms with Crippen molar-refractivity contribution in [2.45, 2.75) is 19.9 Å². The number of nitrogens with two attached hydrogens (primary N) is 1. The number of anilines is 1. The van der Waals surface area contributed by atoms with Gasteiger partial charge in [-0.15, -0.1) is 0 Å². The minimum absolute atomic E-state index is 0.166. The second-order valence-electron chi connectivity index (χ2n) is 5.35. The van der Waals surface area contributed by atoms with Crippen molar-refractivity contribution in [2.24, 2.45) is 7.05 Å². The van der Waals surface area contributed by atoms with Gasteiger partial charge in [0.05, 0.1) is 5.02 Å². The van der Waals surface area contributed by atoms with Crippen LogP contribution in [-0.4, -0.2) is 21.5 Å². The Labute approximate surface area is 153 Å². The first-order valence-electron chi connectivity index (χ1n) is 7.48. The lowest BCUT2D eigenvalue weighted by atomic mass is 10.2. The fourth-order valence-corrected chi connectivity index (χ4v) is 2.62. The van der Waals surface area contributed by atoms with E-state index in [9.17, 15) is 14.4 Å². The number of carbonyl (C=O) groups is 1. The predicted molar refractivity (Wildman–Crippen MR) is 96.9 cm³/mol. The van der Waals surface area contributed by atoms with E-state index in [0.717, 1.165) is 4.57 Å². The quantitative estimate of drug-likeness (QED) is 0.768. The Kier molecular flexibility index (Phi) is 5.92. The fourth-order valence-electron chi connectivity index (χ4n) is 2.29. The lowest BCUT2D eigenvalue weighted by Crippen LogP contribution is -2.43. The standard InChI is InChI=1S/C16H17Cl2N3O4/c1-3-6-21-14(19)13(15(23)20(2)16(21)24)11(22)8-25-12-7-9(17)4-5-10(12)18/h4-5,7H,3,6,8,19H2,1-2H3. The van der Waals surface area contributed by atoms with Gasteiger partial charge in [0.1, 0.15) is 17.1 Å². The molecule has 0 unspecified atom stereocenters. The highest BCUT2D eigenvalue weighted by molar-refractivity contribution is 6.34. The molecule has 0 aliphatic heterocycles. The summed E-state index contributed by atoms with van der Waals surface area (Å²) in [6.45, 7) is 1.67. The zero-order valence-electron chi connectivity index (χ0n) is 13.7. The molecule has 2 aromatic rings. The Morgan fingerprint density at radius 3 is 2.60 bits per heavy atom. The van der Waals surface area contributed by atoms with Crippen LogP contribution in [0.3, 0.4) is 0 Å². The van der Waals surface area contributed by atoms with Crippen molar-refractivity contribution in [3.05, 3.63) is 54.6 Å². The van der Waals surface area contributed by atoms with E-state index in [0.29, 0.717) is 18.0 Å². The van der Waals surface area contributed by atoms with E-state index in [1.165, 1.54) is 23.7 Å². The van der Waals surface area contributed by atoms with Crippen molar-refractivity contribution in [3.8, 4) is 5.75 Å². The molecule has 0 amide bonds. The van der Waals surface area contributed by atoms with Gasteiger partial charge in [0.25, 0.3) is 5.56 Å². The summed E-state index contributed by atoms with van der Waals surface area (Å²) in [7, 11) is 1.29. The van der Waals surface area contributed by atoms with Crippen LogP contribution in [0.4, 0.5) is 5.82 Å². The SMILES string of the molecule is CCCn1c(N)c(C(=O)COc2cc(Cl)ccc2Cl)c(=O)n(C)c1=O. The number of rotatable bonds is 6. The molecule has 1 aromatic carbocycles. The summed E-state index contributed by atoms with van der Waals surface area (Å²) in [5, 5.41) is 0.660. The summed E-state index contributed by atoms with van der Waals surface area (Å²) in [5.74, 6) is -0.612. The summed E-state index contributed by atoms with van der Waals surface area (Å²) >= 11 is 11.8. The maximum absolute atomic E-state index is 12.5. The summed E-state index contributed by atoms with van der Waals surface area (Å²) in [6.07, 6.45) is 0.616. The minimum atomic E-state index is -0.763. The van der Waals surface area contributed by atoms with Gasteiger partial charge in [-0.2, -0.15) is 0 Å². The van der Waals surface area contributed by atoms with E-state index in [1.54, 1.807) is 6.07 Å². The molecule has 0 fully saturated rings. The smallest absolute Gasteiger partial charge is 0.332 e.